The fraction of sp³-hybridized carbons (Fsp3) is 0.625. The van der Waals surface area contributed by atoms with Crippen molar-refractivity contribution < 1.29 is 0 Å². The van der Waals surface area contributed by atoms with Crippen LogP contribution in [0.3, 0.4) is 0 Å². The van der Waals surface area contributed by atoms with Gasteiger partial charge in [0, 0.05) is 18.6 Å². The van der Waals surface area contributed by atoms with Crippen molar-refractivity contribution in [2.45, 2.75) is 51.2 Å². The van der Waals surface area contributed by atoms with Crippen molar-refractivity contribution in [2.24, 2.45) is 0 Å². The summed E-state index contributed by atoms with van der Waals surface area (Å²) in [5.41, 5.74) is 1.42. The van der Waals surface area contributed by atoms with E-state index in [-0.39, 0.29) is 0 Å². The van der Waals surface area contributed by atoms with Crippen molar-refractivity contribution in [2.75, 3.05) is 13.6 Å². The Balaban J connectivity index is 1.78. The largest absolute Gasteiger partial charge is 0.314 e. The van der Waals surface area contributed by atoms with Crippen molar-refractivity contribution in [3.63, 3.8) is 0 Å². The monoisotopic (exact) mass is 246 g/mol. The van der Waals surface area contributed by atoms with Gasteiger partial charge < -0.3 is 5.32 Å². The maximum absolute atomic E-state index is 3.65. The summed E-state index contributed by atoms with van der Waals surface area (Å²) < 4.78 is 0. The lowest BCUT2D eigenvalue weighted by Crippen LogP contribution is -2.32. The third-order valence-electron chi connectivity index (χ3n) is 3.99. The van der Waals surface area contributed by atoms with Crippen LogP contribution in [0.2, 0.25) is 0 Å². The van der Waals surface area contributed by atoms with Gasteiger partial charge >= 0.3 is 0 Å². The summed E-state index contributed by atoms with van der Waals surface area (Å²) in [5.74, 6) is 0. The zero-order valence-electron chi connectivity index (χ0n) is 11.7. The smallest absolute Gasteiger partial charge is 0.0233 e. The molecule has 0 heterocycles. The van der Waals surface area contributed by atoms with Crippen LogP contribution >= 0.6 is 0 Å². The molecule has 0 bridgehead atoms. The number of rotatable bonds is 6. The first-order chi connectivity index (χ1) is 8.79. The quantitative estimate of drug-likeness (QED) is 0.830. The number of hydrogen-bond acceptors (Lipinski definition) is 2. The SMILES string of the molecule is CCCNC1CCC(N(C)Cc2ccccc2)C1. The second-order valence-corrected chi connectivity index (χ2v) is 5.52. The first kappa shape index (κ1) is 13.6. The predicted molar refractivity (Wildman–Crippen MR) is 77.6 cm³/mol. The molecule has 0 aromatic heterocycles. The van der Waals surface area contributed by atoms with Gasteiger partial charge in [0.25, 0.3) is 0 Å². The summed E-state index contributed by atoms with van der Waals surface area (Å²) in [5, 5.41) is 3.65. The van der Waals surface area contributed by atoms with Crippen LogP contribution in [-0.2, 0) is 6.54 Å². The minimum absolute atomic E-state index is 0.744. The highest BCUT2D eigenvalue weighted by molar-refractivity contribution is 5.14. The Morgan fingerprint density at radius 3 is 2.72 bits per heavy atom. The van der Waals surface area contributed by atoms with E-state index >= 15 is 0 Å². The maximum atomic E-state index is 3.65. The van der Waals surface area contributed by atoms with Gasteiger partial charge in [-0.3, -0.25) is 4.90 Å². The van der Waals surface area contributed by atoms with Crippen molar-refractivity contribution >= 4 is 0 Å². The van der Waals surface area contributed by atoms with Gasteiger partial charge in [0.15, 0.2) is 0 Å². The molecule has 2 rings (SSSR count). The van der Waals surface area contributed by atoms with Crippen molar-refractivity contribution in [3.8, 4) is 0 Å². The summed E-state index contributed by atoms with van der Waals surface area (Å²) in [6, 6.07) is 12.3. The molecule has 1 aromatic rings. The fourth-order valence-corrected chi connectivity index (χ4v) is 2.89. The molecule has 0 radical (unpaired) electrons. The Hall–Kier alpha value is -0.860. The molecule has 1 aliphatic rings. The zero-order valence-corrected chi connectivity index (χ0v) is 11.7. The van der Waals surface area contributed by atoms with E-state index in [1.807, 2.05) is 0 Å². The molecule has 0 aliphatic heterocycles. The summed E-state index contributed by atoms with van der Waals surface area (Å²) in [6.07, 6.45) is 5.22. The van der Waals surface area contributed by atoms with E-state index in [9.17, 15) is 0 Å². The highest BCUT2D eigenvalue weighted by Gasteiger charge is 2.26. The van der Waals surface area contributed by atoms with E-state index in [0.29, 0.717) is 0 Å². The molecular weight excluding hydrogens is 220 g/mol. The zero-order chi connectivity index (χ0) is 12.8. The average Bonchev–Trinajstić information content (AvgIpc) is 2.86. The summed E-state index contributed by atoms with van der Waals surface area (Å²) in [6.45, 7) is 4.48. The third kappa shape index (κ3) is 3.82. The lowest BCUT2D eigenvalue weighted by Gasteiger charge is -2.24. The van der Waals surface area contributed by atoms with Crippen molar-refractivity contribution in [1.82, 2.24) is 10.2 Å². The number of nitrogens with one attached hydrogen (secondary N) is 1. The second-order valence-electron chi connectivity index (χ2n) is 5.52. The Morgan fingerprint density at radius 2 is 2.00 bits per heavy atom. The first-order valence-electron chi connectivity index (χ1n) is 7.27. The molecule has 2 heteroatoms. The van der Waals surface area contributed by atoms with Gasteiger partial charge in [0.05, 0.1) is 0 Å². The second kappa shape index (κ2) is 6.91. The molecule has 1 saturated carbocycles. The van der Waals surface area contributed by atoms with E-state index in [4.69, 9.17) is 0 Å². The Bertz CT molecular complexity index is 336. The lowest BCUT2D eigenvalue weighted by molar-refractivity contribution is 0.233. The summed E-state index contributed by atoms with van der Waals surface area (Å²) in [4.78, 5) is 2.52. The van der Waals surface area contributed by atoms with Gasteiger partial charge in [0.2, 0.25) is 0 Å². The van der Waals surface area contributed by atoms with Crippen LogP contribution in [0.4, 0.5) is 0 Å². The topological polar surface area (TPSA) is 15.3 Å². The summed E-state index contributed by atoms with van der Waals surface area (Å²) >= 11 is 0. The van der Waals surface area contributed by atoms with Crippen LogP contribution in [0.1, 0.15) is 38.2 Å². The highest BCUT2D eigenvalue weighted by Crippen LogP contribution is 2.24. The van der Waals surface area contributed by atoms with E-state index in [2.05, 4.69) is 54.5 Å². The molecule has 2 nitrogen and oxygen atoms in total. The van der Waals surface area contributed by atoms with Gasteiger partial charge in [-0.15, -0.1) is 0 Å². The average molecular weight is 246 g/mol. The van der Waals surface area contributed by atoms with E-state index in [1.165, 1.54) is 37.8 Å². The van der Waals surface area contributed by atoms with Crippen LogP contribution in [0.25, 0.3) is 0 Å². The molecule has 100 valence electrons. The van der Waals surface area contributed by atoms with E-state index < -0.39 is 0 Å². The van der Waals surface area contributed by atoms with Crippen LogP contribution in [0, 0.1) is 0 Å². The molecular formula is C16H26N2. The van der Waals surface area contributed by atoms with Crippen LogP contribution < -0.4 is 5.32 Å². The molecule has 18 heavy (non-hydrogen) atoms. The lowest BCUT2D eigenvalue weighted by atomic mass is 10.1. The van der Waals surface area contributed by atoms with Crippen molar-refractivity contribution in [1.29, 1.82) is 0 Å². The molecule has 1 N–H and O–H groups in total. The molecule has 0 spiro atoms. The Labute approximate surface area is 111 Å². The summed E-state index contributed by atoms with van der Waals surface area (Å²) in [7, 11) is 2.26. The third-order valence-corrected chi connectivity index (χ3v) is 3.99. The van der Waals surface area contributed by atoms with Gasteiger partial charge in [-0.2, -0.15) is 0 Å². The molecule has 2 atom stereocenters. The molecule has 0 amide bonds. The molecule has 2 unspecified atom stereocenters. The van der Waals surface area contributed by atoms with Crippen molar-refractivity contribution in [3.05, 3.63) is 35.9 Å². The van der Waals surface area contributed by atoms with Gasteiger partial charge in [-0.1, -0.05) is 37.3 Å². The van der Waals surface area contributed by atoms with E-state index in [0.717, 1.165) is 18.6 Å². The normalized spacial score (nSPS) is 23.7. The standard InChI is InChI=1S/C16H26N2/c1-3-11-17-15-9-10-16(12-15)18(2)13-14-7-5-4-6-8-14/h4-8,15-17H,3,9-13H2,1-2H3. The molecule has 0 saturated heterocycles. The number of nitrogens with zero attached hydrogens (tertiary/aromatic N) is 1. The minimum atomic E-state index is 0.744. The molecule has 1 aromatic carbocycles. The number of hydrogen-bond donors (Lipinski definition) is 1. The van der Waals surface area contributed by atoms with Gasteiger partial charge in [-0.05, 0) is 44.8 Å². The van der Waals surface area contributed by atoms with Crippen LogP contribution in [-0.4, -0.2) is 30.6 Å². The maximum Gasteiger partial charge on any atom is 0.0233 e. The Morgan fingerprint density at radius 1 is 1.22 bits per heavy atom. The minimum Gasteiger partial charge on any atom is -0.314 e. The van der Waals surface area contributed by atoms with Gasteiger partial charge in [0.1, 0.15) is 0 Å². The predicted octanol–water partition coefficient (Wildman–Crippen LogP) is 3.04. The first-order valence-corrected chi connectivity index (χ1v) is 7.27. The highest BCUT2D eigenvalue weighted by atomic mass is 15.1. The molecule has 1 fully saturated rings. The van der Waals surface area contributed by atoms with Crippen LogP contribution in [0.15, 0.2) is 30.3 Å². The molecule has 1 aliphatic carbocycles. The fourth-order valence-electron chi connectivity index (χ4n) is 2.89. The van der Waals surface area contributed by atoms with Gasteiger partial charge in [-0.25, -0.2) is 0 Å². The van der Waals surface area contributed by atoms with Crippen LogP contribution in [0.5, 0.6) is 0 Å². The Kier molecular flexibility index (Phi) is 5.21. The number of benzene rings is 1. The van der Waals surface area contributed by atoms with E-state index in [1.54, 1.807) is 0 Å².